The van der Waals surface area contributed by atoms with E-state index in [1.165, 1.54) is 38.3 Å². The second-order valence-corrected chi connectivity index (χ2v) is 11.3. The lowest BCUT2D eigenvalue weighted by atomic mass is 9.36. The summed E-state index contributed by atoms with van der Waals surface area (Å²) in [5, 5.41) is 5.75. The summed E-state index contributed by atoms with van der Waals surface area (Å²) < 4.78 is 16.1. The number of hydrogen-bond donors (Lipinski definition) is 0. The smallest absolute Gasteiger partial charge is 0.297 e. The predicted octanol–water partition coefficient (Wildman–Crippen LogP) is 6.78. The summed E-state index contributed by atoms with van der Waals surface area (Å²) in [6.07, 6.45) is 2.22. The Balaban J connectivity index is 1.54. The van der Waals surface area contributed by atoms with Crippen molar-refractivity contribution in [1.82, 2.24) is 0 Å². The highest BCUT2D eigenvalue weighted by Gasteiger charge is 2.40. The number of para-hydroxylation sites is 1. The first-order valence-corrected chi connectivity index (χ1v) is 14.2. The van der Waals surface area contributed by atoms with Gasteiger partial charge in [-0.25, -0.2) is 4.57 Å². The Bertz CT molecular complexity index is 2170. The number of fused-ring (bicyclic) bond motifs is 7. The van der Waals surface area contributed by atoms with Crippen LogP contribution < -0.4 is 25.9 Å². The van der Waals surface area contributed by atoms with Gasteiger partial charge in [0, 0.05) is 16.8 Å². The largest absolute Gasteiger partial charge is 0.466 e. The molecule has 0 bridgehead atoms. The van der Waals surface area contributed by atoms with E-state index < -0.39 is 0 Å². The van der Waals surface area contributed by atoms with E-state index in [1.807, 2.05) is 0 Å². The maximum atomic E-state index is 7.05. The Morgan fingerprint density at radius 2 is 1.39 bits per heavy atom. The van der Waals surface area contributed by atoms with Gasteiger partial charge in [0.05, 0.1) is 10.9 Å². The first kappa shape index (κ1) is 24.0. The molecule has 3 heterocycles. The second-order valence-electron chi connectivity index (χ2n) is 11.3. The van der Waals surface area contributed by atoms with Crippen molar-refractivity contribution in [3.05, 3.63) is 120 Å². The third-order valence-electron chi connectivity index (χ3n) is 8.88. The van der Waals surface area contributed by atoms with Crippen molar-refractivity contribution in [2.45, 2.75) is 20.8 Å². The fraction of sp³-hybridized carbons (Fsp3) is 0.108. The molecule has 0 atom stereocenters. The van der Waals surface area contributed by atoms with E-state index in [9.17, 15) is 0 Å². The fourth-order valence-corrected chi connectivity index (χ4v) is 6.96. The lowest BCUT2D eigenvalue weighted by molar-refractivity contribution is -0.659. The highest BCUT2D eigenvalue weighted by Crippen LogP contribution is 2.45. The van der Waals surface area contributed by atoms with Crippen molar-refractivity contribution in [2.75, 3.05) is 0 Å². The number of pyridine rings is 1. The number of furan rings is 1. The monoisotopic (exact) mass is 530 g/mol. The third-order valence-corrected chi connectivity index (χ3v) is 8.88. The number of aryl methyl sites for hydroxylation is 4. The molecule has 0 saturated carbocycles. The first-order valence-electron chi connectivity index (χ1n) is 14.2. The maximum Gasteiger partial charge on any atom is 0.297 e. The zero-order valence-corrected chi connectivity index (χ0v) is 23.7. The highest BCUT2D eigenvalue weighted by atomic mass is 16.5. The molecule has 0 aliphatic carbocycles. The zero-order valence-electron chi connectivity index (χ0n) is 23.7. The van der Waals surface area contributed by atoms with Gasteiger partial charge in [0.15, 0.2) is 11.9 Å². The van der Waals surface area contributed by atoms with Gasteiger partial charge < -0.3 is 9.15 Å². The molecule has 0 radical (unpaired) electrons. The van der Waals surface area contributed by atoms with Crippen molar-refractivity contribution in [2.24, 2.45) is 7.05 Å². The van der Waals surface area contributed by atoms with Gasteiger partial charge in [-0.05, 0) is 54.7 Å². The molecular weight excluding hydrogens is 501 g/mol. The van der Waals surface area contributed by atoms with Crippen molar-refractivity contribution in [3.63, 3.8) is 0 Å². The molecule has 7 aromatic rings. The van der Waals surface area contributed by atoms with Gasteiger partial charge >= 0.3 is 0 Å². The molecule has 0 saturated heterocycles. The van der Waals surface area contributed by atoms with Crippen LogP contribution in [0.1, 0.15) is 16.7 Å². The summed E-state index contributed by atoms with van der Waals surface area (Å²) in [5.41, 5.74) is 10.2. The van der Waals surface area contributed by atoms with E-state index in [4.69, 9.17) is 9.15 Å². The number of nitrogens with zero attached hydrogens (tertiary/aromatic N) is 1. The summed E-state index contributed by atoms with van der Waals surface area (Å²) in [4.78, 5) is 0. The number of aromatic nitrogens is 1. The van der Waals surface area contributed by atoms with Crippen LogP contribution >= 0.6 is 0 Å². The molecule has 0 fully saturated rings. The van der Waals surface area contributed by atoms with Gasteiger partial charge in [0.25, 0.3) is 6.71 Å². The number of hydrogen-bond acceptors (Lipinski definition) is 2. The second kappa shape index (κ2) is 8.84. The summed E-state index contributed by atoms with van der Waals surface area (Å²) in [6, 6.07) is 34.3. The Hall–Kier alpha value is -4.83. The standard InChI is InChI=1S/C37H29BNO2/c1-22-12-11-13-23(2)34(22)38-29-18-9-10-19-31(29)40-36-33-32(30-20-25-14-5-6-15-26(25)21-39(30)4)24(3)27-16-7-8-17-28(27)35(33)41-37(36)38/h5-21H,1-4H3/q+1. The van der Waals surface area contributed by atoms with Crippen LogP contribution in [0.3, 0.4) is 0 Å². The van der Waals surface area contributed by atoms with Crippen molar-refractivity contribution >= 4 is 55.8 Å². The molecule has 4 heteroatoms. The molecule has 8 rings (SSSR count). The van der Waals surface area contributed by atoms with Gasteiger partial charge in [-0.15, -0.1) is 0 Å². The van der Waals surface area contributed by atoms with Crippen LogP contribution in [0.25, 0.3) is 43.8 Å². The highest BCUT2D eigenvalue weighted by molar-refractivity contribution is 6.97. The Kier molecular flexibility index (Phi) is 5.18. The molecule has 2 aromatic heterocycles. The summed E-state index contributed by atoms with van der Waals surface area (Å²) >= 11 is 0. The van der Waals surface area contributed by atoms with Crippen LogP contribution in [-0.2, 0) is 7.05 Å². The van der Waals surface area contributed by atoms with Gasteiger partial charge in [0.2, 0.25) is 5.69 Å². The van der Waals surface area contributed by atoms with Crippen molar-refractivity contribution < 1.29 is 13.7 Å². The van der Waals surface area contributed by atoms with Gasteiger partial charge in [-0.3, -0.25) is 0 Å². The molecule has 1 aliphatic heterocycles. The molecule has 1 aliphatic rings. The molecule has 0 spiro atoms. The molecule has 3 nitrogen and oxygen atoms in total. The van der Waals surface area contributed by atoms with Crippen LogP contribution in [-0.4, -0.2) is 6.71 Å². The average molecular weight is 530 g/mol. The maximum absolute atomic E-state index is 7.05. The fourth-order valence-electron chi connectivity index (χ4n) is 6.96. The van der Waals surface area contributed by atoms with E-state index in [-0.39, 0.29) is 6.71 Å². The number of ether oxygens (including phenoxy) is 1. The Morgan fingerprint density at radius 1 is 0.707 bits per heavy atom. The Labute approximate surface area is 239 Å². The molecule has 196 valence electrons. The average Bonchev–Trinajstić information content (AvgIpc) is 3.36. The van der Waals surface area contributed by atoms with Crippen LogP contribution in [0.5, 0.6) is 11.5 Å². The molecule has 5 aromatic carbocycles. The van der Waals surface area contributed by atoms with Gasteiger partial charge in [0.1, 0.15) is 24.0 Å². The third kappa shape index (κ3) is 3.43. The summed E-state index contributed by atoms with van der Waals surface area (Å²) in [6.45, 7) is 6.55. The summed E-state index contributed by atoms with van der Waals surface area (Å²) in [5.74, 6) is 1.71. The van der Waals surface area contributed by atoms with E-state index in [1.54, 1.807) is 0 Å². The Morgan fingerprint density at radius 3 is 2.20 bits per heavy atom. The van der Waals surface area contributed by atoms with E-state index >= 15 is 0 Å². The normalized spacial score (nSPS) is 12.5. The molecule has 41 heavy (non-hydrogen) atoms. The quantitative estimate of drug-likeness (QED) is 0.182. The molecule has 0 unspecified atom stereocenters. The van der Waals surface area contributed by atoms with Gasteiger partial charge in [-0.2, -0.15) is 0 Å². The van der Waals surface area contributed by atoms with E-state index in [2.05, 4.69) is 136 Å². The zero-order chi connectivity index (χ0) is 27.8. The van der Waals surface area contributed by atoms with Crippen molar-refractivity contribution in [1.29, 1.82) is 0 Å². The molecule has 0 N–H and O–H groups in total. The van der Waals surface area contributed by atoms with Crippen LogP contribution in [0.2, 0.25) is 0 Å². The van der Waals surface area contributed by atoms with Crippen LogP contribution in [0, 0.1) is 20.8 Å². The minimum Gasteiger partial charge on any atom is -0.466 e. The number of rotatable bonds is 2. The number of benzene rings is 5. The summed E-state index contributed by atoms with van der Waals surface area (Å²) in [7, 11) is 2.13. The van der Waals surface area contributed by atoms with Gasteiger partial charge in [-0.1, -0.05) is 95.5 Å². The first-order chi connectivity index (χ1) is 20.0. The van der Waals surface area contributed by atoms with Crippen molar-refractivity contribution in [3.8, 4) is 22.8 Å². The van der Waals surface area contributed by atoms with E-state index in [0.717, 1.165) is 50.2 Å². The van der Waals surface area contributed by atoms with E-state index in [0.29, 0.717) is 0 Å². The molecule has 0 amide bonds. The molecular formula is C37H29BNO2+. The lowest BCUT2D eigenvalue weighted by Crippen LogP contribution is -2.56. The topological polar surface area (TPSA) is 26.2 Å². The van der Waals surface area contributed by atoms with Crippen LogP contribution in [0.4, 0.5) is 0 Å². The minimum atomic E-state index is -0.0687. The predicted molar refractivity (Wildman–Crippen MR) is 170 cm³/mol. The SMILES string of the molecule is Cc1cccc(C)c1B1c2ccccc2Oc2c1oc1c2c(-c2cc3ccccc3c[n+]2C)c(C)c2ccccc21. The lowest BCUT2D eigenvalue weighted by Gasteiger charge is -2.25. The van der Waals surface area contributed by atoms with Crippen LogP contribution in [0.15, 0.2) is 108 Å². The minimum absolute atomic E-state index is 0.0687.